The number of likely N-dealkylation sites (tertiary alicyclic amines) is 1. The molecular weight excluding hydrogens is 344 g/mol. The van der Waals surface area contributed by atoms with Crippen molar-refractivity contribution in [2.24, 2.45) is 0 Å². The minimum absolute atomic E-state index is 0.0156. The summed E-state index contributed by atoms with van der Waals surface area (Å²) in [5.41, 5.74) is 0.447. The van der Waals surface area contributed by atoms with Crippen LogP contribution < -0.4 is 4.74 Å². The fourth-order valence-electron chi connectivity index (χ4n) is 3.26. The van der Waals surface area contributed by atoms with Gasteiger partial charge < -0.3 is 14.7 Å². The van der Waals surface area contributed by atoms with Gasteiger partial charge in [0.2, 0.25) is 0 Å². The average molecular weight is 368 g/mol. The summed E-state index contributed by atoms with van der Waals surface area (Å²) in [5, 5.41) is 9.23. The maximum Gasteiger partial charge on any atom is 0.347 e. The fourth-order valence-corrected chi connectivity index (χ4v) is 3.26. The Morgan fingerprint density at radius 3 is 2.56 bits per heavy atom. The van der Waals surface area contributed by atoms with Gasteiger partial charge in [-0.25, -0.2) is 4.79 Å². The summed E-state index contributed by atoms with van der Waals surface area (Å²) in [7, 11) is 0. The highest BCUT2D eigenvalue weighted by molar-refractivity contribution is 5.93. The summed E-state index contributed by atoms with van der Waals surface area (Å²) >= 11 is 0. The molecule has 2 aromatic rings. The van der Waals surface area contributed by atoms with E-state index in [9.17, 15) is 14.7 Å². The molecule has 1 saturated heterocycles. The number of carbonyl (C=O) groups excluding carboxylic acids is 1. The lowest BCUT2D eigenvalue weighted by Crippen LogP contribution is -2.38. The zero-order chi connectivity index (χ0) is 19.4. The molecule has 0 saturated carbocycles. The van der Waals surface area contributed by atoms with E-state index in [0.717, 1.165) is 18.4 Å². The van der Waals surface area contributed by atoms with Gasteiger partial charge in [-0.2, -0.15) is 0 Å². The number of ether oxygens (including phenoxy) is 1. The van der Waals surface area contributed by atoms with Gasteiger partial charge in [0.15, 0.2) is 5.60 Å². The number of carbonyl (C=O) groups is 2. The van der Waals surface area contributed by atoms with Crippen LogP contribution in [0.15, 0.2) is 48.8 Å². The molecule has 0 unspecified atom stereocenters. The number of rotatable bonds is 5. The minimum Gasteiger partial charge on any atom is -0.478 e. The summed E-state index contributed by atoms with van der Waals surface area (Å²) in [6.45, 7) is 4.43. The van der Waals surface area contributed by atoms with Gasteiger partial charge in [0.05, 0.1) is 5.56 Å². The number of pyridine rings is 1. The second kappa shape index (κ2) is 7.78. The molecule has 2 heterocycles. The molecule has 1 fully saturated rings. The van der Waals surface area contributed by atoms with Crippen molar-refractivity contribution in [1.29, 1.82) is 0 Å². The molecule has 1 aromatic heterocycles. The van der Waals surface area contributed by atoms with Gasteiger partial charge in [-0.3, -0.25) is 9.78 Å². The molecule has 142 valence electrons. The molecule has 1 aliphatic heterocycles. The molecule has 0 atom stereocenters. The van der Waals surface area contributed by atoms with Crippen molar-refractivity contribution in [3.8, 4) is 5.75 Å². The van der Waals surface area contributed by atoms with Crippen molar-refractivity contribution in [1.82, 2.24) is 9.88 Å². The standard InChI is InChI=1S/C21H24N2O4/c1-21(2,20(25)26)27-18-7-3-5-16(13-18)15-8-11-23(12-9-15)19(24)17-6-4-10-22-14-17/h3-7,10,13-15H,8-9,11-12H2,1-2H3,(H,25,26). The summed E-state index contributed by atoms with van der Waals surface area (Å²) in [6, 6.07) is 11.2. The molecular formula is C21H24N2O4. The van der Waals surface area contributed by atoms with Crippen LogP contribution in [0.5, 0.6) is 5.75 Å². The van der Waals surface area contributed by atoms with Crippen molar-refractivity contribution in [2.75, 3.05) is 13.1 Å². The van der Waals surface area contributed by atoms with Gasteiger partial charge in [0, 0.05) is 25.5 Å². The number of aromatic nitrogens is 1. The van der Waals surface area contributed by atoms with Crippen LogP contribution in [0.4, 0.5) is 0 Å². The van der Waals surface area contributed by atoms with E-state index >= 15 is 0 Å². The topological polar surface area (TPSA) is 79.7 Å². The Bertz CT molecular complexity index is 812. The molecule has 0 bridgehead atoms. The highest BCUT2D eigenvalue weighted by atomic mass is 16.5. The van der Waals surface area contributed by atoms with E-state index in [-0.39, 0.29) is 5.91 Å². The number of hydrogen-bond acceptors (Lipinski definition) is 4. The largest absolute Gasteiger partial charge is 0.478 e. The Morgan fingerprint density at radius 1 is 1.19 bits per heavy atom. The molecule has 0 spiro atoms. The van der Waals surface area contributed by atoms with E-state index in [1.165, 1.54) is 13.8 Å². The Labute approximate surface area is 158 Å². The molecule has 1 aromatic carbocycles. The van der Waals surface area contributed by atoms with Gasteiger partial charge >= 0.3 is 5.97 Å². The van der Waals surface area contributed by atoms with Gasteiger partial charge in [0.25, 0.3) is 5.91 Å². The van der Waals surface area contributed by atoms with Gasteiger partial charge in [-0.05, 0) is 62.4 Å². The predicted molar refractivity (Wildman–Crippen MR) is 101 cm³/mol. The first-order valence-electron chi connectivity index (χ1n) is 9.08. The summed E-state index contributed by atoms with van der Waals surface area (Å²) in [4.78, 5) is 29.7. The molecule has 27 heavy (non-hydrogen) atoms. The van der Waals surface area contributed by atoms with Gasteiger partial charge in [-0.15, -0.1) is 0 Å². The molecule has 0 aliphatic carbocycles. The lowest BCUT2D eigenvalue weighted by molar-refractivity contribution is -0.152. The SMILES string of the molecule is CC(C)(Oc1cccc(C2CCN(C(=O)c3cccnc3)CC2)c1)C(=O)O. The number of benzene rings is 1. The number of hydrogen-bond donors (Lipinski definition) is 1. The molecule has 1 N–H and O–H groups in total. The first-order chi connectivity index (χ1) is 12.9. The summed E-state index contributed by atoms with van der Waals surface area (Å²) in [5.74, 6) is -0.120. The van der Waals surface area contributed by atoms with Gasteiger partial charge in [-0.1, -0.05) is 12.1 Å². The zero-order valence-corrected chi connectivity index (χ0v) is 15.6. The van der Waals surface area contributed by atoms with Crippen LogP contribution in [-0.2, 0) is 4.79 Å². The van der Waals surface area contributed by atoms with Crippen molar-refractivity contribution >= 4 is 11.9 Å². The fraction of sp³-hybridized carbons (Fsp3) is 0.381. The van der Waals surface area contributed by atoms with Crippen molar-refractivity contribution in [3.05, 3.63) is 59.9 Å². The first kappa shape index (κ1) is 18.9. The second-order valence-electron chi connectivity index (χ2n) is 7.30. The number of carboxylic acids is 1. The maximum absolute atomic E-state index is 12.5. The van der Waals surface area contributed by atoms with Crippen LogP contribution in [-0.4, -0.2) is 45.6 Å². The third-order valence-corrected chi connectivity index (χ3v) is 4.91. The Kier molecular flexibility index (Phi) is 5.44. The van der Waals surface area contributed by atoms with Crippen molar-refractivity contribution < 1.29 is 19.4 Å². The molecule has 6 nitrogen and oxygen atoms in total. The van der Waals surface area contributed by atoms with Gasteiger partial charge in [0.1, 0.15) is 5.75 Å². The number of piperidine rings is 1. The number of aliphatic carboxylic acids is 1. The van der Waals surface area contributed by atoms with Crippen LogP contribution in [0.2, 0.25) is 0 Å². The zero-order valence-electron chi connectivity index (χ0n) is 15.6. The van der Waals surface area contributed by atoms with Crippen LogP contribution in [0.1, 0.15) is 48.5 Å². The lowest BCUT2D eigenvalue weighted by Gasteiger charge is -2.32. The van der Waals surface area contributed by atoms with Crippen LogP contribution in [0, 0.1) is 0 Å². The van der Waals surface area contributed by atoms with Crippen molar-refractivity contribution in [3.63, 3.8) is 0 Å². The highest BCUT2D eigenvalue weighted by Crippen LogP contribution is 2.31. The monoisotopic (exact) mass is 368 g/mol. The number of carboxylic acid groups (broad SMARTS) is 1. The lowest BCUT2D eigenvalue weighted by atomic mass is 9.89. The van der Waals surface area contributed by atoms with E-state index in [0.29, 0.717) is 30.3 Å². The third kappa shape index (κ3) is 4.45. The molecule has 1 amide bonds. The first-order valence-corrected chi connectivity index (χ1v) is 9.08. The van der Waals surface area contributed by atoms with E-state index < -0.39 is 11.6 Å². The maximum atomic E-state index is 12.5. The number of nitrogens with zero attached hydrogens (tertiary/aromatic N) is 2. The Hall–Kier alpha value is -2.89. The average Bonchev–Trinajstić information content (AvgIpc) is 2.68. The van der Waals surface area contributed by atoms with E-state index in [1.54, 1.807) is 30.6 Å². The number of amides is 1. The molecule has 3 rings (SSSR count). The Balaban J connectivity index is 1.64. The molecule has 6 heteroatoms. The second-order valence-corrected chi connectivity index (χ2v) is 7.30. The normalized spacial score (nSPS) is 15.4. The minimum atomic E-state index is -1.28. The highest BCUT2D eigenvalue weighted by Gasteiger charge is 2.30. The van der Waals surface area contributed by atoms with Crippen LogP contribution >= 0.6 is 0 Å². The third-order valence-electron chi connectivity index (χ3n) is 4.91. The van der Waals surface area contributed by atoms with Crippen LogP contribution in [0.3, 0.4) is 0 Å². The van der Waals surface area contributed by atoms with E-state index in [1.807, 2.05) is 23.1 Å². The van der Waals surface area contributed by atoms with Crippen LogP contribution in [0.25, 0.3) is 0 Å². The molecule has 0 radical (unpaired) electrons. The summed E-state index contributed by atoms with van der Waals surface area (Å²) < 4.78 is 5.64. The molecule has 1 aliphatic rings. The van der Waals surface area contributed by atoms with E-state index in [2.05, 4.69) is 4.98 Å². The Morgan fingerprint density at radius 2 is 1.93 bits per heavy atom. The summed E-state index contributed by atoms with van der Waals surface area (Å²) in [6.07, 6.45) is 4.97. The van der Waals surface area contributed by atoms with E-state index in [4.69, 9.17) is 4.74 Å². The predicted octanol–water partition coefficient (Wildman–Crippen LogP) is 3.34. The van der Waals surface area contributed by atoms with Crippen molar-refractivity contribution in [2.45, 2.75) is 38.2 Å². The smallest absolute Gasteiger partial charge is 0.347 e. The quantitative estimate of drug-likeness (QED) is 0.875.